The summed E-state index contributed by atoms with van der Waals surface area (Å²) in [5, 5.41) is 10.0. The van der Waals surface area contributed by atoms with Crippen molar-refractivity contribution in [2.45, 2.75) is 56.1 Å². The first-order chi connectivity index (χ1) is 18.4. The molecule has 2 atom stereocenters. The van der Waals surface area contributed by atoms with Crippen LogP contribution in [0.3, 0.4) is 0 Å². The first kappa shape index (κ1) is 28.8. The molecule has 0 aromatic heterocycles. The number of carbonyl (C=O) groups is 1. The number of para-hydroxylation sites is 1. The van der Waals surface area contributed by atoms with E-state index in [1.54, 1.807) is 48.3 Å². The maximum absolute atomic E-state index is 13.6. The largest absolute Gasteiger partial charge is 0.392 e. The second kappa shape index (κ2) is 11.9. The smallest absolute Gasteiger partial charge is 0.261 e. The monoisotopic (exact) mass is 549 g/mol. The van der Waals surface area contributed by atoms with E-state index in [0.29, 0.717) is 24.3 Å². The third-order valence-corrected chi connectivity index (χ3v) is 8.74. The Morgan fingerprint density at radius 1 is 1.03 bits per heavy atom. The number of benzene rings is 3. The second-order valence-corrected chi connectivity index (χ2v) is 13.0. The molecule has 4 rings (SSSR count). The van der Waals surface area contributed by atoms with E-state index in [0.717, 1.165) is 24.1 Å². The average Bonchev–Trinajstić information content (AvgIpc) is 3.32. The van der Waals surface area contributed by atoms with Crippen molar-refractivity contribution in [2.24, 2.45) is 0 Å². The van der Waals surface area contributed by atoms with E-state index in [1.165, 1.54) is 0 Å². The van der Waals surface area contributed by atoms with Gasteiger partial charge in [-0.2, -0.15) is 0 Å². The van der Waals surface area contributed by atoms with Crippen LogP contribution in [0.2, 0.25) is 0 Å². The molecule has 0 spiro atoms. The summed E-state index contributed by atoms with van der Waals surface area (Å²) in [6, 6.07) is 23.6. The Balaban J connectivity index is 1.52. The Morgan fingerprint density at radius 3 is 2.28 bits per heavy atom. The molecular weight excluding hydrogens is 510 g/mol. The van der Waals surface area contributed by atoms with Crippen molar-refractivity contribution in [3.05, 3.63) is 95.6 Å². The first-order valence-corrected chi connectivity index (χ1v) is 14.8. The number of β-amino-alcohol motifs (C(OH)–C–C–N with tert-alkyl or cyclic N) is 1. The number of rotatable bonds is 9. The highest BCUT2D eigenvalue weighted by atomic mass is 32.2. The number of nitrogens with zero attached hydrogens (tertiary/aromatic N) is 2. The lowest BCUT2D eigenvalue weighted by Crippen LogP contribution is -2.39. The van der Waals surface area contributed by atoms with Gasteiger partial charge < -0.3 is 10.0 Å². The first-order valence-electron chi connectivity index (χ1n) is 13.4. The number of anilines is 1. The fourth-order valence-electron chi connectivity index (χ4n) is 4.92. The predicted molar refractivity (Wildman–Crippen MR) is 155 cm³/mol. The van der Waals surface area contributed by atoms with Crippen molar-refractivity contribution in [1.82, 2.24) is 9.80 Å². The topological polar surface area (TPSA) is 90.0 Å². The van der Waals surface area contributed by atoms with Crippen LogP contribution in [0, 0.1) is 0 Å². The lowest BCUT2D eigenvalue weighted by molar-refractivity contribution is -0.131. The zero-order valence-electron chi connectivity index (χ0n) is 23.2. The highest BCUT2D eigenvalue weighted by Crippen LogP contribution is 2.27. The van der Waals surface area contributed by atoms with E-state index in [-0.39, 0.29) is 34.8 Å². The minimum atomic E-state index is -3.84. The van der Waals surface area contributed by atoms with Crippen LogP contribution in [0.25, 0.3) is 0 Å². The number of hydrogen-bond donors (Lipinski definition) is 2. The highest BCUT2D eigenvalue weighted by molar-refractivity contribution is 7.92. The molecule has 1 fully saturated rings. The fourth-order valence-corrected chi connectivity index (χ4v) is 6.02. The van der Waals surface area contributed by atoms with Crippen molar-refractivity contribution in [3.8, 4) is 0 Å². The van der Waals surface area contributed by atoms with Gasteiger partial charge >= 0.3 is 0 Å². The van der Waals surface area contributed by atoms with E-state index in [9.17, 15) is 18.3 Å². The van der Waals surface area contributed by atoms with Gasteiger partial charge in [0.15, 0.2) is 0 Å². The molecule has 1 saturated heterocycles. The van der Waals surface area contributed by atoms with Crippen molar-refractivity contribution in [3.63, 3.8) is 0 Å². The Bertz CT molecular complexity index is 1370. The van der Waals surface area contributed by atoms with E-state index < -0.39 is 10.0 Å². The molecule has 39 heavy (non-hydrogen) atoms. The molecule has 3 aromatic carbocycles. The number of sulfonamides is 1. The summed E-state index contributed by atoms with van der Waals surface area (Å²) in [6.45, 7) is 8.23. The van der Waals surface area contributed by atoms with Crippen LogP contribution in [-0.4, -0.2) is 62.0 Å². The SMILES string of the molecule is CN(C(=O)Cc1ccccc1NS(=O)(=O)c1ccc(C(C)(C)C)cc1)[C@H](CN1CC[C@H](O)C1)c1ccccc1. The van der Waals surface area contributed by atoms with Crippen LogP contribution in [0.15, 0.2) is 83.8 Å². The van der Waals surface area contributed by atoms with E-state index in [4.69, 9.17) is 0 Å². The van der Waals surface area contributed by atoms with Crippen LogP contribution in [0.5, 0.6) is 0 Å². The standard InChI is InChI=1S/C31H39N3O4S/c1-31(2,3)25-14-16-27(17-15-25)39(37,38)32-28-13-9-8-12-24(28)20-30(36)33(4)29(23-10-6-5-7-11-23)22-34-19-18-26(35)21-34/h5-17,26,29,32,35H,18-22H2,1-4H3/t26-,29+/m0/s1. The number of nitrogens with one attached hydrogen (secondary N) is 1. The number of likely N-dealkylation sites (N-methyl/N-ethyl adjacent to an activating group) is 1. The molecule has 1 heterocycles. The number of amides is 1. The minimum absolute atomic E-state index is 0.0457. The number of carbonyl (C=O) groups excluding carboxylic acids is 1. The molecule has 0 unspecified atom stereocenters. The van der Waals surface area contributed by atoms with Crippen LogP contribution in [-0.2, 0) is 26.7 Å². The van der Waals surface area contributed by atoms with Crippen LogP contribution >= 0.6 is 0 Å². The Morgan fingerprint density at radius 2 is 1.67 bits per heavy atom. The molecule has 0 radical (unpaired) electrons. The molecule has 0 aliphatic carbocycles. The van der Waals surface area contributed by atoms with E-state index >= 15 is 0 Å². The summed E-state index contributed by atoms with van der Waals surface area (Å²) in [4.78, 5) is 17.6. The van der Waals surface area contributed by atoms with Crippen molar-refractivity contribution < 1.29 is 18.3 Å². The van der Waals surface area contributed by atoms with Gasteiger partial charge in [0.25, 0.3) is 10.0 Å². The molecule has 1 aliphatic rings. The van der Waals surface area contributed by atoms with Crippen molar-refractivity contribution >= 4 is 21.6 Å². The molecule has 1 amide bonds. The number of hydrogen-bond acceptors (Lipinski definition) is 5. The van der Waals surface area contributed by atoms with Crippen LogP contribution in [0.1, 0.15) is 49.9 Å². The van der Waals surface area contributed by atoms with Gasteiger partial charge in [-0.1, -0.05) is 81.4 Å². The van der Waals surface area contributed by atoms with Gasteiger partial charge in [0.05, 0.1) is 29.1 Å². The quantitative estimate of drug-likeness (QED) is 0.407. The molecular formula is C31H39N3O4S. The van der Waals surface area contributed by atoms with Gasteiger partial charge in [-0.15, -0.1) is 0 Å². The summed E-state index contributed by atoms with van der Waals surface area (Å²) in [5.41, 5.74) is 2.97. The third-order valence-electron chi connectivity index (χ3n) is 7.36. The van der Waals surface area contributed by atoms with E-state index in [2.05, 4.69) is 30.4 Å². The van der Waals surface area contributed by atoms with Gasteiger partial charge in [0, 0.05) is 26.7 Å². The summed E-state index contributed by atoms with van der Waals surface area (Å²) in [5.74, 6) is -0.121. The summed E-state index contributed by atoms with van der Waals surface area (Å²) < 4.78 is 29.1. The zero-order chi connectivity index (χ0) is 28.2. The molecule has 2 N–H and O–H groups in total. The number of aliphatic hydroxyl groups is 1. The number of likely N-dealkylation sites (tertiary alicyclic amines) is 1. The Hall–Kier alpha value is -3.20. The fraction of sp³-hybridized carbons (Fsp3) is 0.387. The third kappa shape index (κ3) is 7.26. The molecule has 8 heteroatoms. The summed E-state index contributed by atoms with van der Waals surface area (Å²) >= 11 is 0. The maximum Gasteiger partial charge on any atom is 0.261 e. The Kier molecular flexibility index (Phi) is 8.79. The van der Waals surface area contributed by atoms with Gasteiger partial charge in [-0.05, 0) is 46.7 Å². The molecule has 0 saturated carbocycles. The van der Waals surface area contributed by atoms with Crippen molar-refractivity contribution in [1.29, 1.82) is 0 Å². The normalized spacial score (nSPS) is 17.1. The lowest BCUT2D eigenvalue weighted by atomic mass is 9.87. The van der Waals surface area contributed by atoms with Gasteiger partial charge in [0.1, 0.15) is 0 Å². The van der Waals surface area contributed by atoms with Gasteiger partial charge in [-0.25, -0.2) is 8.42 Å². The van der Waals surface area contributed by atoms with Crippen molar-refractivity contribution in [2.75, 3.05) is 31.4 Å². The lowest BCUT2D eigenvalue weighted by Gasteiger charge is -2.32. The highest BCUT2D eigenvalue weighted by Gasteiger charge is 2.28. The van der Waals surface area contributed by atoms with Crippen LogP contribution in [0.4, 0.5) is 5.69 Å². The number of aliphatic hydroxyl groups excluding tert-OH is 1. The van der Waals surface area contributed by atoms with Gasteiger partial charge in [-0.3, -0.25) is 14.4 Å². The predicted octanol–water partition coefficient (Wildman–Crippen LogP) is 4.59. The molecule has 7 nitrogen and oxygen atoms in total. The molecule has 0 bridgehead atoms. The average molecular weight is 550 g/mol. The molecule has 3 aromatic rings. The summed E-state index contributed by atoms with van der Waals surface area (Å²) in [6.07, 6.45) is 0.433. The van der Waals surface area contributed by atoms with E-state index in [1.807, 2.05) is 42.5 Å². The second-order valence-electron chi connectivity index (χ2n) is 11.3. The Labute approximate surface area is 232 Å². The van der Waals surface area contributed by atoms with Gasteiger partial charge in [0.2, 0.25) is 5.91 Å². The zero-order valence-corrected chi connectivity index (χ0v) is 24.0. The summed E-state index contributed by atoms with van der Waals surface area (Å²) in [7, 11) is -2.05. The van der Waals surface area contributed by atoms with Crippen LogP contribution < -0.4 is 4.72 Å². The molecule has 1 aliphatic heterocycles. The molecule has 208 valence electrons. The minimum Gasteiger partial charge on any atom is -0.392 e. The maximum atomic E-state index is 13.6.